The van der Waals surface area contributed by atoms with Crippen molar-refractivity contribution >= 4 is 11.7 Å². The van der Waals surface area contributed by atoms with E-state index in [1.165, 1.54) is 13.1 Å². The van der Waals surface area contributed by atoms with E-state index in [1.807, 2.05) is 27.7 Å². The summed E-state index contributed by atoms with van der Waals surface area (Å²) in [4.78, 5) is 29.3. The van der Waals surface area contributed by atoms with Crippen LogP contribution in [0, 0.1) is 0 Å². The van der Waals surface area contributed by atoms with Crippen molar-refractivity contribution in [1.29, 1.82) is 0 Å². The third kappa shape index (κ3) is 3.15. The lowest BCUT2D eigenvalue weighted by molar-refractivity contribution is 0.0637. The zero-order chi connectivity index (χ0) is 13.9. The summed E-state index contributed by atoms with van der Waals surface area (Å²) >= 11 is 0. The highest BCUT2D eigenvalue weighted by Crippen LogP contribution is 2.11. The Balaban J connectivity index is 2.99. The molecule has 0 aliphatic rings. The zero-order valence-corrected chi connectivity index (χ0v) is 11.6. The summed E-state index contributed by atoms with van der Waals surface area (Å²) in [7, 11) is 0. The summed E-state index contributed by atoms with van der Waals surface area (Å²) in [5, 5.41) is 0. The maximum absolute atomic E-state index is 12.3. The first-order valence-electron chi connectivity index (χ1n) is 6.14. The number of pyridine rings is 1. The number of Topliss-reactive ketones (excluding diaryl/α,β-unsaturated/α-hetero) is 1. The summed E-state index contributed by atoms with van der Waals surface area (Å²) in [6.45, 7) is 9.38. The van der Waals surface area contributed by atoms with Crippen LogP contribution in [0.15, 0.2) is 18.3 Å². The molecular formula is C14H20N2O2. The van der Waals surface area contributed by atoms with Crippen LogP contribution < -0.4 is 0 Å². The predicted octanol–water partition coefficient (Wildman–Crippen LogP) is 2.54. The molecule has 0 aliphatic heterocycles. The minimum absolute atomic E-state index is 0.0499. The van der Waals surface area contributed by atoms with Crippen molar-refractivity contribution in [3.8, 4) is 0 Å². The highest BCUT2D eigenvalue weighted by atomic mass is 16.2. The van der Waals surface area contributed by atoms with Crippen molar-refractivity contribution in [2.75, 3.05) is 0 Å². The molecule has 0 aliphatic carbocycles. The number of rotatable bonds is 4. The fraction of sp³-hybridized carbons (Fsp3) is 0.500. The minimum Gasteiger partial charge on any atom is -0.332 e. The van der Waals surface area contributed by atoms with Gasteiger partial charge in [0.05, 0.1) is 0 Å². The highest BCUT2D eigenvalue weighted by molar-refractivity contribution is 5.96. The second kappa shape index (κ2) is 5.76. The lowest BCUT2D eigenvalue weighted by atomic mass is 10.1. The third-order valence-electron chi connectivity index (χ3n) is 2.74. The second-order valence-electron chi connectivity index (χ2n) is 4.89. The van der Waals surface area contributed by atoms with Gasteiger partial charge in [0.15, 0.2) is 5.78 Å². The van der Waals surface area contributed by atoms with Crippen LogP contribution in [0.2, 0.25) is 0 Å². The van der Waals surface area contributed by atoms with Gasteiger partial charge < -0.3 is 4.90 Å². The Morgan fingerprint density at radius 2 is 1.67 bits per heavy atom. The lowest BCUT2D eigenvalue weighted by Gasteiger charge is -2.30. The summed E-state index contributed by atoms with van der Waals surface area (Å²) in [5.74, 6) is -0.152. The summed E-state index contributed by atoms with van der Waals surface area (Å²) in [5.41, 5.74) is 0.898. The smallest absolute Gasteiger partial charge is 0.272 e. The number of hydrogen-bond donors (Lipinski definition) is 0. The van der Waals surface area contributed by atoms with E-state index in [2.05, 4.69) is 4.98 Å². The molecule has 18 heavy (non-hydrogen) atoms. The van der Waals surface area contributed by atoms with Crippen LogP contribution in [0.4, 0.5) is 0 Å². The highest BCUT2D eigenvalue weighted by Gasteiger charge is 2.22. The molecule has 0 spiro atoms. The first-order valence-corrected chi connectivity index (χ1v) is 6.14. The molecule has 0 aromatic carbocycles. The number of hydrogen-bond acceptors (Lipinski definition) is 3. The number of carbonyl (C=O) groups excluding carboxylic acids is 2. The predicted molar refractivity (Wildman–Crippen MR) is 70.7 cm³/mol. The van der Waals surface area contributed by atoms with Crippen molar-refractivity contribution in [3.63, 3.8) is 0 Å². The van der Waals surface area contributed by atoms with E-state index in [4.69, 9.17) is 0 Å². The van der Waals surface area contributed by atoms with Crippen molar-refractivity contribution in [2.45, 2.75) is 46.7 Å². The molecule has 1 aromatic heterocycles. The zero-order valence-electron chi connectivity index (χ0n) is 11.6. The van der Waals surface area contributed by atoms with Gasteiger partial charge in [-0.05, 0) is 46.8 Å². The molecule has 0 fully saturated rings. The normalized spacial score (nSPS) is 10.8. The van der Waals surface area contributed by atoms with E-state index in [1.54, 1.807) is 17.0 Å². The molecule has 98 valence electrons. The Labute approximate surface area is 108 Å². The quantitative estimate of drug-likeness (QED) is 0.769. The number of carbonyl (C=O) groups is 2. The number of aromatic nitrogens is 1. The van der Waals surface area contributed by atoms with Crippen LogP contribution in [0.1, 0.15) is 55.5 Å². The van der Waals surface area contributed by atoms with Gasteiger partial charge in [0.2, 0.25) is 0 Å². The molecule has 4 nitrogen and oxygen atoms in total. The van der Waals surface area contributed by atoms with E-state index in [0.717, 1.165) is 0 Å². The molecule has 4 heteroatoms. The first-order chi connectivity index (χ1) is 8.34. The molecule has 0 saturated heterocycles. The van der Waals surface area contributed by atoms with Gasteiger partial charge in [-0.25, -0.2) is 0 Å². The van der Waals surface area contributed by atoms with Gasteiger partial charge in [0.25, 0.3) is 5.91 Å². The molecule has 0 unspecified atom stereocenters. The van der Waals surface area contributed by atoms with E-state index in [-0.39, 0.29) is 23.8 Å². The van der Waals surface area contributed by atoms with Crippen molar-refractivity contribution in [2.24, 2.45) is 0 Å². The van der Waals surface area contributed by atoms with Gasteiger partial charge in [-0.1, -0.05) is 0 Å². The molecular weight excluding hydrogens is 228 g/mol. The number of ketones is 1. The molecule has 1 rings (SSSR count). The number of amides is 1. The maximum atomic E-state index is 12.3. The monoisotopic (exact) mass is 248 g/mol. The molecule has 0 N–H and O–H groups in total. The van der Waals surface area contributed by atoms with E-state index in [0.29, 0.717) is 11.3 Å². The molecule has 0 atom stereocenters. The number of nitrogens with zero attached hydrogens (tertiary/aromatic N) is 2. The van der Waals surface area contributed by atoms with Gasteiger partial charge >= 0.3 is 0 Å². The summed E-state index contributed by atoms with van der Waals surface area (Å²) in [6.07, 6.45) is 1.45. The molecule has 0 radical (unpaired) electrons. The van der Waals surface area contributed by atoms with Crippen LogP contribution in [0.5, 0.6) is 0 Å². The van der Waals surface area contributed by atoms with Gasteiger partial charge in [0, 0.05) is 23.8 Å². The Morgan fingerprint density at radius 3 is 2.00 bits per heavy atom. The molecule has 0 saturated carbocycles. The van der Waals surface area contributed by atoms with Crippen LogP contribution in [-0.4, -0.2) is 33.7 Å². The van der Waals surface area contributed by atoms with Crippen LogP contribution in [0.3, 0.4) is 0 Å². The summed E-state index contributed by atoms with van der Waals surface area (Å²) < 4.78 is 0. The Morgan fingerprint density at radius 1 is 1.11 bits per heavy atom. The largest absolute Gasteiger partial charge is 0.332 e. The van der Waals surface area contributed by atoms with Gasteiger partial charge in [-0.2, -0.15) is 0 Å². The van der Waals surface area contributed by atoms with Crippen molar-refractivity contribution < 1.29 is 9.59 Å². The standard InChI is InChI=1S/C14H20N2O2/c1-9(2)16(10(3)4)14(18)13-7-6-12(8-15-13)11(5)17/h6-10H,1-5H3. The Kier molecular flexibility index (Phi) is 4.59. The molecule has 1 amide bonds. The fourth-order valence-corrected chi connectivity index (χ4v) is 1.93. The van der Waals surface area contributed by atoms with E-state index < -0.39 is 0 Å². The molecule has 0 bridgehead atoms. The topological polar surface area (TPSA) is 50.3 Å². The van der Waals surface area contributed by atoms with Crippen LogP contribution in [-0.2, 0) is 0 Å². The Bertz CT molecular complexity index is 428. The average molecular weight is 248 g/mol. The van der Waals surface area contributed by atoms with Crippen LogP contribution in [0.25, 0.3) is 0 Å². The van der Waals surface area contributed by atoms with Crippen molar-refractivity contribution in [1.82, 2.24) is 9.88 Å². The average Bonchev–Trinajstić information content (AvgIpc) is 2.28. The first kappa shape index (κ1) is 14.4. The van der Waals surface area contributed by atoms with E-state index >= 15 is 0 Å². The van der Waals surface area contributed by atoms with Gasteiger partial charge in [-0.15, -0.1) is 0 Å². The van der Waals surface area contributed by atoms with Gasteiger partial charge in [-0.3, -0.25) is 14.6 Å². The minimum atomic E-state index is -0.102. The van der Waals surface area contributed by atoms with Gasteiger partial charge in [0.1, 0.15) is 5.69 Å². The molecule has 1 aromatic rings. The lowest BCUT2D eigenvalue weighted by Crippen LogP contribution is -2.42. The SMILES string of the molecule is CC(=O)c1ccc(C(=O)N(C(C)C)C(C)C)nc1. The Hall–Kier alpha value is -1.71. The maximum Gasteiger partial charge on any atom is 0.272 e. The molecule has 1 heterocycles. The van der Waals surface area contributed by atoms with Crippen LogP contribution >= 0.6 is 0 Å². The summed E-state index contributed by atoms with van der Waals surface area (Å²) in [6, 6.07) is 3.48. The van der Waals surface area contributed by atoms with E-state index in [9.17, 15) is 9.59 Å². The fourth-order valence-electron chi connectivity index (χ4n) is 1.93. The van der Waals surface area contributed by atoms with Crippen molar-refractivity contribution in [3.05, 3.63) is 29.6 Å². The third-order valence-corrected chi connectivity index (χ3v) is 2.74. The second-order valence-corrected chi connectivity index (χ2v) is 4.89.